The number of hydrogen-bond acceptors (Lipinski definition) is 3. The highest BCUT2D eigenvalue weighted by Gasteiger charge is 2.09. The van der Waals surface area contributed by atoms with Gasteiger partial charge in [0.15, 0.2) is 0 Å². The van der Waals surface area contributed by atoms with Gasteiger partial charge in [-0.05, 0) is 25.1 Å². The average molecular weight is 258 g/mol. The van der Waals surface area contributed by atoms with Crippen LogP contribution in [-0.4, -0.2) is 31.3 Å². The molecule has 0 aromatic heterocycles. The summed E-state index contributed by atoms with van der Waals surface area (Å²) in [5.74, 6) is -0.187. The zero-order valence-corrected chi connectivity index (χ0v) is 10.7. The molecule has 0 bridgehead atoms. The van der Waals surface area contributed by atoms with Crippen LogP contribution in [-0.2, 0) is 4.79 Å². The van der Waals surface area contributed by atoms with Crippen LogP contribution in [0.3, 0.4) is 0 Å². The van der Waals surface area contributed by atoms with Crippen LogP contribution in [0.4, 0.5) is 5.69 Å². The van der Waals surface area contributed by atoms with E-state index in [0.717, 1.165) is 12.2 Å². The molecule has 0 amide bonds. The number of rotatable bonds is 6. The van der Waals surface area contributed by atoms with Gasteiger partial charge in [0, 0.05) is 18.8 Å². The van der Waals surface area contributed by atoms with Crippen molar-refractivity contribution >= 4 is 23.3 Å². The van der Waals surface area contributed by atoms with E-state index in [1.165, 1.54) is 0 Å². The molecular weight excluding hydrogens is 242 g/mol. The quantitative estimate of drug-likeness (QED) is 0.851. The van der Waals surface area contributed by atoms with Crippen LogP contribution in [0.2, 0.25) is 5.02 Å². The lowest BCUT2D eigenvalue weighted by Gasteiger charge is -2.22. The number of aliphatic carboxylic acids is 1. The summed E-state index contributed by atoms with van der Waals surface area (Å²) in [6, 6.07) is 5.43. The third-order valence-corrected chi connectivity index (χ3v) is 2.77. The molecular formula is C12H16ClNO3. The van der Waals surface area contributed by atoms with Gasteiger partial charge in [0.25, 0.3) is 0 Å². The Morgan fingerprint density at radius 3 is 2.71 bits per heavy atom. The summed E-state index contributed by atoms with van der Waals surface area (Å²) in [5, 5.41) is 9.20. The zero-order valence-electron chi connectivity index (χ0n) is 9.94. The van der Waals surface area contributed by atoms with Crippen molar-refractivity contribution in [2.75, 3.05) is 25.1 Å². The van der Waals surface area contributed by atoms with E-state index in [4.69, 9.17) is 21.4 Å². The average Bonchev–Trinajstić information content (AvgIpc) is 2.29. The molecule has 1 N–H and O–H groups in total. The first-order chi connectivity index (χ1) is 8.08. The topological polar surface area (TPSA) is 49.8 Å². The number of hydrogen-bond donors (Lipinski definition) is 1. The lowest BCUT2D eigenvalue weighted by molar-refractivity contribution is -0.136. The maximum atomic E-state index is 10.5. The minimum atomic E-state index is -0.803. The number of anilines is 1. The number of benzene rings is 1. The standard InChI is InChI=1S/C12H16ClNO3/c1-3-14(7-6-12(15)16)9-4-5-11(17-2)10(13)8-9/h4-5,8H,3,6-7H2,1-2H3,(H,15,16). The molecule has 1 aromatic carbocycles. The van der Waals surface area contributed by atoms with Gasteiger partial charge in [0.2, 0.25) is 0 Å². The predicted octanol–water partition coefficient (Wildman–Crippen LogP) is 2.65. The van der Waals surface area contributed by atoms with Gasteiger partial charge in [-0.15, -0.1) is 0 Å². The van der Waals surface area contributed by atoms with Crippen molar-refractivity contribution in [3.05, 3.63) is 23.2 Å². The Morgan fingerprint density at radius 1 is 1.53 bits per heavy atom. The molecule has 5 heteroatoms. The van der Waals surface area contributed by atoms with Crippen LogP contribution >= 0.6 is 11.6 Å². The fourth-order valence-corrected chi connectivity index (χ4v) is 1.80. The molecule has 17 heavy (non-hydrogen) atoms. The van der Waals surface area contributed by atoms with Gasteiger partial charge in [0.05, 0.1) is 18.6 Å². The molecule has 0 unspecified atom stereocenters. The molecule has 0 atom stereocenters. The van der Waals surface area contributed by atoms with Crippen molar-refractivity contribution in [3.8, 4) is 5.75 Å². The van der Waals surface area contributed by atoms with E-state index < -0.39 is 5.97 Å². The van der Waals surface area contributed by atoms with Crippen molar-refractivity contribution in [1.29, 1.82) is 0 Å². The van der Waals surface area contributed by atoms with E-state index in [0.29, 0.717) is 17.3 Å². The molecule has 0 heterocycles. The smallest absolute Gasteiger partial charge is 0.305 e. The number of carboxylic acids is 1. The highest BCUT2D eigenvalue weighted by molar-refractivity contribution is 6.32. The maximum absolute atomic E-state index is 10.5. The minimum absolute atomic E-state index is 0.109. The molecule has 0 aliphatic heterocycles. The number of carbonyl (C=O) groups is 1. The number of methoxy groups -OCH3 is 1. The van der Waals surface area contributed by atoms with Crippen LogP contribution < -0.4 is 9.64 Å². The minimum Gasteiger partial charge on any atom is -0.495 e. The van der Waals surface area contributed by atoms with Gasteiger partial charge in [0.1, 0.15) is 5.75 Å². The van der Waals surface area contributed by atoms with Gasteiger partial charge in [-0.2, -0.15) is 0 Å². The SMILES string of the molecule is CCN(CCC(=O)O)c1ccc(OC)c(Cl)c1. The van der Waals surface area contributed by atoms with E-state index in [1.807, 2.05) is 17.9 Å². The molecule has 1 aromatic rings. The lowest BCUT2D eigenvalue weighted by Crippen LogP contribution is -2.25. The van der Waals surface area contributed by atoms with Gasteiger partial charge < -0.3 is 14.7 Å². The van der Waals surface area contributed by atoms with Crippen LogP contribution in [0.1, 0.15) is 13.3 Å². The van der Waals surface area contributed by atoms with Crippen molar-refractivity contribution in [2.24, 2.45) is 0 Å². The van der Waals surface area contributed by atoms with E-state index in [1.54, 1.807) is 19.2 Å². The Kier molecular flexibility index (Phi) is 5.10. The number of nitrogens with zero attached hydrogens (tertiary/aromatic N) is 1. The first-order valence-corrected chi connectivity index (χ1v) is 5.76. The molecule has 0 radical (unpaired) electrons. The third-order valence-electron chi connectivity index (χ3n) is 2.48. The molecule has 1 rings (SSSR count). The van der Waals surface area contributed by atoms with Crippen molar-refractivity contribution < 1.29 is 14.6 Å². The molecule has 0 aliphatic carbocycles. The summed E-state index contributed by atoms with van der Waals surface area (Å²) >= 11 is 6.03. The monoisotopic (exact) mass is 257 g/mol. The van der Waals surface area contributed by atoms with Gasteiger partial charge in [-0.25, -0.2) is 0 Å². The lowest BCUT2D eigenvalue weighted by atomic mass is 10.2. The molecule has 0 saturated heterocycles. The van der Waals surface area contributed by atoms with Gasteiger partial charge in [-0.3, -0.25) is 4.79 Å². The Bertz CT molecular complexity index is 395. The molecule has 0 fully saturated rings. The fraction of sp³-hybridized carbons (Fsp3) is 0.417. The summed E-state index contributed by atoms with van der Waals surface area (Å²) < 4.78 is 5.07. The highest BCUT2D eigenvalue weighted by Crippen LogP contribution is 2.29. The van der Waals surface area contributed by atoms with Crippen molar-refractivity contribution in [1.82, 2.24) is 0 Å². The third kappa shape index (κ3) is 3.82. The summed E-state index contributed by atoms with van der Waals surface area (Å²) in [7, 11) is 1.56. The second-order valence-corrected chi connectivity index (χ2v) is 3.95. The highest BCUT2D eigenvalue weighted by atomic mass is 35.5. The maximum Gasteiger partial charge on any atom is 0.305 e. The fourth-order valence-electron chi connectivity index (χ4n) is 1.55. The first-order valence-electron chi connectivity index (χ1n) is 5.38. The van der Waals surface area contributed by atoms with Crippen LogP contribution in [0.5, 0.6) is 5.75 Å². The predicted molar refractivity (Wildman–Crippen MR) is 68.1 cm³/mol. The van der Waals surface area contributed by atoms with E-state index >= 15 is 0 Å². The zero-order chi connectivity index (χ0) is 12.8. The summed E-state index contributed by atoms with van der Waals surface area (Å²) in [6.45, 7) is 3.17. The first kappa shape index (κ1) is 13.6. The summed E-state index contributed by atoms with van der Waals surface area (Å²) in [4.78, 5) is 12.5. The van der Waals surface area contributed by atoms with Crippen LogP contribution in [0, 0.1) is 0 Å². The molecule has 0 spiro atoms. The van der Waals surface area contributed by atoms with E-state index in [2.05, 4.69) is 0 Å². The second kappa shape index (κ2) is 6.35. The van der Waals surface area contributed by atoms with E-state index in [9.17, 15) is 4.79 Å². The normalized spacial score (nSPS) is 10.1. The van der Waals surface area contributed by atoms with Crippen molar-refractivity contribution in [2.45, 2.75) is 13.3 Å². The molecule has 0 aliphatic rings. The molecule has 94 valence electrons. The van der Waals surface area contributed by atoms with Crippen LogP contribution in [0.15, 0.2) is 18.2 Å². The number of halogens is 1. The Morgan fingerprint density at radius 2 is 2.24 bits per heavy atom. The van der Waals surface area contributed by atoms with E-state index in [-0.39, 0.29) is 6.42 Å². The largest absolute Gasteiger partial charge is 0.495 e. The Labute approximate surface area is 106 Å². The second-order valence-electron chi connectivity index (χ2n) is 3.54. The summed E-state index contributed by atoms with van der Waals surface area (Å²) in [5.41, 5.74) is 0.902. The number of carboxylic acid groups (broad SMARTS) is 1. The molecule has 4 nitrogen and oxygen atoms in total. The molecule has 0 saturated carbocycles. The van der Waals surface area contributed by atoms with Gasteiger partial charge in [-0.1, -0.05) is 11.6 Å². The number of ether oxygens (including phenoxy) is 1. The Balaban J connectivity index is 2.81. The Hall–Kier alpha value is -1.42. The van der Waals surface area contributed by atoms with Gasteiger partial charge >= 0.3 is 5.97 Å². The van der Waals surface area contributed by atoms with Crippen LogP contribution in [0.25, 0.3) is 0 Å². The summed E-state index contributed by atoms with van der Waals surface area (Å²) in [6.07, 6.45) is 0.109. The van der Waals surface area contributed by atoms with Crippen molar-refractivity contribution in [3.63, 3.8) is 0 Å².